The highest BCUT2D eigenvalue weighted by molar-refractivity contribution is 7.86. The fourth-order valence-electron chi connectivity index (χ4n) is 1.92. The molecule has 0 heterocycles. The average molecular weight is 359 g/mol. The van der Waals surface area contributed by atoms with Crippen LogP contribution in [0, 0.1) is 16.7 Å². The molecule has 0 aromatic heterocycles. The van der Waals surface area contributed by atoms with E-state index in [1.807, 2.05) is 0 Å². The number of hydrogen-bond acceptors (Lipinski definition) is 7. The number of anilines is 1. The van der Waals surface area contributed by atoms with Gasteiger partial charge in [0.1, 0.15) is 16.7 Å². The van der Waals surface area contributed by atoms with E-state index < -0.39 is 26.6 Å². The fraction of sp³-hybridized carbons (Fsp3) is 0. The molecule has 0 aliphatic rings. The third-order valence-corrected chi connectivity index (χ3v) is 4.00. The molecule has 0 fully saturated rings. The second-order valence-electron chi connectivity index (χ2n) is 4.83. The van der Waals surface area contributed by atoms with E-state index in [4.69, 9.17) is 16.4 Å². The van der Waals surface area contributed by atoms with Gasteiger partial charge in [0, 0.05) is 0 Å². The van der Waals surface area contributed by atoms with E-state index in [1.54, 1.807) is 24.3 Å². The first-order chi connectivity index (χ1) is 11.7. The van der Waals surface area contributed by atoms with E-state index >= 15 is 0 Å². The number of nitrogens with two attached hydrogens (primary N) is 1. The molecule has 0 saturated carbocycles. The molecule has 2 rings (SSSR count). The van der Waals surface area contributed by atoms with E-state index in [0.717, 1.165) is 0 Å². The van der Waals surface area contributed by atoms with Crippen molar-refractivity contribution in [1.82, 2.24) is 0 Å². The first-order valence-electron chi connectivity index (χ1n) is 6.71. The third kappa shape index (κ3) is 4.31. The first-order valence-corrected chi connectivity index (χ1v) is 8.15. The minimum Gasteiger partial charge on any atom is -0.508 e. The number of phenols is 1. The highest BCUT2D eigenvalue weighted by Crippen LogP contribution is 2.29. The van der Waals surface area contributed by atoms with Crippen molar-refractivity contribution in [2.24, 2.45) is 10.8 Å². The van der Waals surface area contributed by atoms with Gasteiger partial charge in [-0.1, -0.05) is 18.2 Å². The zero-order chi connectivity index (χ0) is 18.6. The topological polar surface area (TPSA) is 173 Å². The molecule has 0 spiro atoms. The van der Waals surface area contributed by atoms with Gasteiger partial charge in [-0.15, -0.1) is 0 Å². The Kier molecular flexibility index (Phi) is 5.02. The van der Waals surface area contributed by atoms with Gasteiger partial charge in [-0.25, -0.2) is 0 Å². The first kappa shape index (κ1) is 17.9. The zero-order valence-electron chi connectivity index (χ0n) is 12.6. The molecule has 2 aromatic rings. The minimum absolute atomic E-state index is 0.0552. The van der Waals surface area contributed by atoms with Crippen molar-refractivity contribution in [3.8, 4) is 22.9 Å². The van der Waals surface area contributed by atoms with Crippen LogP contribution in [0.15, 0.2) is 52.5 Å². The van der Waals surface area contributed by atoms with Crippen molar-refractivity contribution in [2.45, 2.75) is 4.90 Å². The molecule has 0 bridgehead atoms. The normalized spacial score (nSPS) is 11.6. The number of benzene rings is 2. The van der Waals surface area contributed by atoms with Gasteiger partial charge in [0.2, 0.25) is 5.71 Å². The van der Waals surface area contributed by atoms with Crippen LogP contribution in [0.4, 0.5) is 5.69 Å². The lowest BCUT2D eigenvalue weighted by molar-refractivity contribution is 0.475. The number of phenolic OH excluding ortho intramolecular Hbond substituents is 1. The quantitative estimate of drug-likeness (QED) is 0.233. The maximum atomic E-state index is 11.6. The summed E-state index contributed by atoms with van der Waals surface area (Å²) in [6.45, 7) is 0. The molecule has 0 unspecified atom stereocenters. The van der Waals surface area contributed by atoms with Crippen LogP contribution in [-0.2, 0) is 10.1 Å². The molecule has 0 aliphatic heterocycles. The molecule has 6 N–H and O–H groups in total. The lowest BCUT2D eigenvalue weighted by atomic mass is 10.1. The number of hydrogen-bond donors (Lipinski definition) is 5. The molecule has 0 atom stereocenters. The molecule has 0 radical (unpaired) electrons. The smallest absolute Gasteiger partial charge is 0.296 e. The highest BCUT2D eigenvalue weighted by Gasteiger charge is 2.17. The van der Waals surface area contributed by atoms with Gasteiger partial charge < -0.3 is 10.8 Å². The number of rotatable bonds is 5. The maximum absolute atomic E-state index is 11.6. The number of nitrogens with one attached hydrogen (secondary N) is 2. The minimum atomic E-state index is -4.60. The van der Waals surface area contributed by atoms with Crippen molar-refractivity contribution < 1.29 is 18.1 Å². The van der Waals surface area contributed by atoms with Crippen LogP contribution in [0.3, 0.4) is 0 Å². The van der Waals surface area contributed by atoms with Crippen molar-refractivity contribution in [1.29, 1.82) is 10.7 Å². The monoisotopic (exact) mass is 359 g/mol. The summed E-state index contributed by atoms with van der Waals surface area (Å²) in [6, 6.07) is 11.7. The number of nitrogens with zero attached hydrogens (tertiary/aromatic N) is 2. The predicted octanol–water partition coefficient (Wildman–Crippen LogP) is 1.53. The van der Waals surface area contributed by atoms with Crippen LogP contribution in [0.1, 0.15) is 0 Å². The Hall–Kier alpha value is -3.42. The summed E-state index contributed by atoms with van der Waals surface area (Å²) >= 11 is 0. The average Bonchev–Trinajstić information content (AvgIpc) is 2.55. The summed E-state index contributed by atoms with van der Waals surface area (Å²) in [7, 11) is -4.60. The van der Waals surface area contributed by atoms with E-state index in [-0.39, 0.29) is 11.4 Å². The molecular formula is C15H13N5O4S. The number of hydrazone groups is 1. The molecular weight excluding hydrogens is 346 g/mol. The van der Waals surface area contributed by atoms with E-state index in [9.17, 15) is 18.1 Å². The fourth-order valence-corrected chi connectivity index (χ4v) is 2.59. The summed E-state index contributed by atoms with van der Waals surface area (Å²) in [4.78, 5) is -0.470. The van der Waals surface area contributed by atoms with Gasteiger partial charge in [-0.05, 0) is 35.4 Å². The van der Waals surface area contributed by atoms with Crippen molar-refractivity contribution >= 4 is 27.4 Å². The maximum Gasteiger partial charge on any atom is 0.296 e. The Morgan fingerprint density at radius 2 is 1.80 bits per heavy atom. The van der Waals surface area contributed by atoms with E-state index in [2.05, 4.69) is 10.5 Å². The van der Waals surface area contributed by atoms with Gasteiger partial charge in [-0.3, -0.25) is 15.4 Å². The molecule has 0 saturated heterocycles. The van der Waals surface area contributed by atoms with Crippen LogP contribution < -0.4 is 11.2 Å². The van der Waals surface area contributed by atoms with Gasteiger partial charge in [0.25, 0.3) is 10.1 Å². The molecule has 0 aliphatic carbocycles. The molecule has 0 amide bonds. The zero-order valence-corrected chi connectivity index (χ0v) is 13.4. The molecule has 10 heteroatoms. The van der Waals surface area contributed by atoms with Gasteiger partial charge in [-0.2, -0.15) is 18.8 Å². The van der Waals surface area contributed by atoms with Crippen LogP contribution >= 0.6 is 0 Å². The SMILES string of the molecule is N#C/C(=N\Nc1ccc(-c2ccc(O)cc2)cc1S(=O)(=O)O)C(=N)N. The summed E-state index contributed by atoms with van der Waals surface area (Å²) in [5.41, 5.74) is 7.99. The largest absolute Gasteiger partial charge is 0.508 e. The second-order valence-corrected chi connectivity index (χ2v) is 6.22. The van der Waals surface area contributed by atoms with Gasteiger partial charge in [0.15, 0.2) is 5.84 Å². The Balaban J connectivity index is 2.50. The highest BCUT2D eigenvalue weighted by atomic mass is 32.2. The summed E-state index contributed by atoms with van der Waals surface area (Å²) < 4.78 is 32.7. The number of aromatic hydroxyl groups is 1. The Bertz CT molecular complexity index is 992. The predicted molar refractivity (Wildman–Crippen MR) is 91.9 cm³/mol. The summed E-state index contributed by atoms with van der Waals surface area (Å²) in [6.07, 6.45) is 0. The molecule has 25 heavy (non-hydrogen) atoms. The third-order valence-electron chi connectivity index (χ3n) is 3.11. The van der Waals surface area contributed by atoms with Crippen LogP contribution in [0.25, 0.3) is 11.1 Å². The van der Waals surface area contributed by atoms with Crippen molar-refractivity contribution in [3.63, 3.8) is 0 Å². The lowest BCUT2D eigenvalue weighted by Gasteiger charge is -2.10. The van der Waals surface area contributed by atoms with Gasteiger partial charge >= 0.3 is 0 Å². The number of nitriles is 1. The van der Waals surface area contributed by atoms with Crippen LogP contribution in [0.2, 0.25) is 0 Å². The summed E-state index contributed by atoms with van der Waals surface area (Å²) in [5, 5.41) is 28.8. The Labute approximate surface area is 143 Å². The standard InChI is InChI=1S/C15H13N5O4S/c16-8-13(15(17)18)20-19-12-6-3-10(7-14(12)25(22,23)24)9-1-4-11(21)5-2-9/h1-7,19,21H,(H3,17,18)(H,22,23,24)/b20-13+. The van der Waals surface area contributed by atoms with Crippen molar-refractivity contribution in [2.75, 3.05) is 5.43 Å². The molecule has 2 aromatic carbocycles. The van der Waals surface area contributed by atoms with E-state index in [1.165, 1.54) is 24.3 Å². The van der Waals surface area contributed by atoms with Crippen LogP contribution in [0.5, 0.6) is 5.75 Å². The number of amidine groups is 1. The lowest BCUT2D eigenvalue weighted by Crippen LogP contribution is -2.22. The van der Waals surface area contributed by atoms with Crippen LogP contribution in [-0.4, -0.2) is 29.6 Å². The second kappa shape index (κ2) is 7.00. The molecule has 128 valence electrons. The van der Waals surface area contributed by atoms with Gasteiger partial charge in [0.05, 0.1) is 5.69 Å². The molecule has 9 nitrogen and oxygen atoms in total. The summed E-state index contributed by atoms with van der Waals surface area (Å²) in [5.74, 6) is -0.538. The Morgan fingerprint density at radius 1 is 1.20 bits per heavy atom. The van der Waals surface area contributed by atoms with E-state index in [0.29, 0.717) is 11.1 Å². The Morgan fingerprint density at radius 3 is 2.32 bits per heavy atom. The van der Waals surface area contributed by atoms with Crippen molar-refractivity contribution in [3.05, 3.63) is 42.5 Å².